The molecular formula is C12H17N5O4S. The lowest BCUT2D eigenvalue weighted by atomic mass is 9.93. The van der Waals surface area contributed by atoms with Crippen LogP contribution in [-0.4, -0.2) is 70.5 Å². The molecule has 2 N–H and O–H groups in total. The molecule has 120 valence electrons. The Hall–Kier alpha value is -1.68. The lowest BCUT2D eigenvalue weighted by Gasteiger charge is -2.40. The fraction of sp³-hybridized carbons (Fsp3) is 0.750. The summed E-state index contributed by atoms with van der Waals surface area (Å²) in [5, 5.41) is 29.8. The molecule has 2 aliphatic heterocycles. The van der Waals surface area contributed by atoms with Crippen molar-refractivity contribution in [2.24, 2.45) is 5.92 Å². The lowest BCUT2D eigenvalue weighted by molar-refractivity contribution is -0.153. The quantitative estimate of drug-likeness (QED) is 0.662. The Morgan fingerprint density at radius 2 is 2.41 bits per heavy atom. The van der Waals surface area contributed by atoms with Gasteiger partial charge in [0.25, 0.3) is 0 Å². The molecule has 0 radical (unpaired) electrons. The summed E-state index contributed by atoms with van der Waals surface area (Å²) in [6, 6.07) is -0.153. The smallest absolute Gasteiger partial charge is 0.321 e. The van der Waals surface area contributed by atoms with Crippen molar-refractivity contribution in [3.63, 3.8) is 0 Å². The summed E-state index contributed by atoms with van der Waals surface area (Å²) in [5.74, 6) is -1.60. The number of aromatic nitrogens is 4. The minimum Gasteiger partial charge on any atom is -0.480 e. The third kappa shape index (κ3) is 2.17. The van der Waals surface area contributed by atoms with Crippen molar-refractivity contribution in [3.8, 4) is 0 Å². The van der Waals surface area contributed by atoms with E-state index >= 15 is 0 Å². The number of carboxylic acids is 1. The van der Waals surface area contributed by atoms with Crippen LogP contribution in [0.1, 0.15) is 25.8 Å². The van der Waals surface area contributed by atoms with Crippen molar-refractivity contribution in [2.45, 2.75) is 35.9 Å². The maximum Gasteiger partial charge on any atom is 0.321 e. The Bertz CT molecular complexity index is 582. The molecule has 0 aromatic carbocycles. The first-order valence-corrected chi connectivity index (χ1v) is 7.95. The summed E-state index contributed by atoms with van der Waals surface area (Å²) in [4.78, 5) is 25.3. The van der Waals surface area contributed by atoms with E-state index in [9.17, 15) is 19.8 Å². The predicted molar refractivity (Wildman–Crippen MR) is 75.8 cm³/mol. The van der Waals surface area contributed by atoms with E-state index in [0.717, 1.165) is 0 Å². The van der Waals surface area contributed by atoms with Gasteiger partial charge >= 0.3 is 5.97 Å². The summed E-state index contributed by atoms with van der Waals surface area (Å²) in [6.45, 7) is 1.86. The highest BCUT2D eigenvalue weighted by atomic mass is 32.2. The molecule has 0 spiro atoms. The first-order chi connectivity index (χ1) is 10.5. The molecule has 3 heterocycles. The highest BCUT2D eigenvalue weighted by Crippen LogP contribution is 2.52. The standard InChI is InChI=1S/C12H17N5O4S/c1-2-7(17-6-13-14-15-17)3-12(11(20)21)5-16-9(19)8(4-18)10(16)22-12/h6-8,10,18H,2-5H2,1H3,(H,20,21)/t7-,8+,10-,12?/m1/s1. The molecule has 10 heteroatoms. The first-order valence-electron chi connectivity index (χ1n) is 7.07. The molecule has 2 aliphatic rings. The number of β-lactam (4-membered cyclic amide) rings is 1. The molecule has 9 nitrogen and oxygen atoms in total. The van der Waals surface area contributed by atoms with Crippen molar-refractivity contribution in [1.82, 2.24) is 25.1 Å². The number of aliphatic hydroxyl groups excluding tert-OH is 1. The van der Waals surface area contributed by atoms with Crippen molar-refractivity contribution in [1.29, 1.82) is 0 Å². The number of nitrogens with zero attached hydrogens (tertiary/aromatic N) is 5. The van der Waals surface area contributed by atoms with Crippen LogP contribution in [0.15, 0.2) is 6.33 Å². The molecule has 1 unspecified atom stereocenters. The maximum atomic E-state index is 11.9. The van der Waals surface area contributed by atoms with Crippen LogP contribution < -0.4 is 0 Å². The number of carbonyl (C=O) groups is 2. The van der Waals surface area contributed by atoms with Gasteiger partial charge in [-0.2, -0.15) is 0 Å². The number of aliphatic carboxylic acids is 1. The van der Waals surface area contributed by atoms with Crippen molar-refractivity contribution in [2.75, 3.05) is 13.2 Å². The van der Waals surface area contributed by atoms with E-state index < -0.39 is 16.6 Å². The number of hydrogen-bond donors (Lipinski definition) is 2. The van der Waals surface area contributed by atoms with E-state index in [4.69, 9.17) is 0 Å². The van der Waals surface area contributed by atoms with Crippen molar-refractivity contribution in [3.05, 3.63) is 6.33 Å². The third-order valence-corrected chi connectivity index (χ3v) is 6.13. The van der Waals surface area contributed by atoms with Crippen LogP contribution >= 0.6 is 11.8 Å². The fourth-order valence-corrected chi connectivity index (χ4v) is 4.82. The Labute approximate surface area is 130 Å². The van der Waals surface area contributed by atoms with Crippen LogP contribution in [0.4, 0.5) is 0 Å². The van der Waals surface area contributed by atoms with Crippen LogP contribution in [0.5, 0.6) is 0 Å². The van der Waals surface area contributed by atoms with Crippen LogP contribution in [0, 0.1) is 5.92 Å². The van der Waals surface area contributed by atoms with Crippen LogP contribution in [0.2, 0.25) is 0 Å². The second-order valence-electron chi connectivity index (χ2n) is 5.62. The van der Waals surface area contributed by atoms with Gasteiger partial charge in [0, 0.05) is 6.54 Å². The molecule has 3 rings (SSSR count). The van der Waals surface area contributed by atoms with Gasteiger partial charge in [-0.1, -0.05) is 6.92 Å². The van der Waals surface area contributed by atoms with Gasteiger partial charge in [0.1, 0.15) is 11.1 Å². The number of hydrogen-bond acceptors (Lipinski definition) is 7. The van der Waals surface area contributed by atoms with Crippen LogP contribution in [0.25, 0.3) is 0 Å². The third-order valence-electron chi connectivity index (χ3n) is 4.39. The Kier molecular flexibility index (Phi) is 3.81. The summed E-state index contributed by atoms with van der Waals surface area (Å²) in [6.07, 6.45) is 2.48. The molecular weight excluding hydrogens is 310 g/mol. The monoisotopic (exact) mass is 327 g/mol. The molecule has 1 aromatic rings. The van der Waals surface area contributed by atoms with E-state index in [0.29, 0.717) is 12.8 Å². The maximum absolute atomic E-state index is 11.9. The summed E-state index contributed by atoms with van der Waals surface area (Å²) < 4.78 is 0.475. The van der Waals surface area contributed by atoms with Gasteiger partial charge in [-0.05, 0) is 23.3 Å². The number of thioether (sulfide) groups is 1. The van der Waals surface area contributed by atoms with Crippen LogP contribution in [0.3, 0.4) is 0 Å². The number of carbonyl (C=O) groups excluding carboxylic acids is 1. The van der Waals surface area contributed by atoms with E-state index in [1.807, 2.05) is 6.92 Å². The fourth-order valence-electron chi connectivity index (χ4n) is 3.08. The molecule has 1 aromatic heterocycles. The highest BCUT2D eigenvalue weighted by molar-refractivity contribution is 8.02. The molecule has 2 saturated heterocycles. The number of carboxylic acid groups (broad SMARTS) is 1. The average molecular weight is 327 g/mol. The second-order valence-corrected chi connectivity index (χ2v) is 7.12. The van der Waals surface area contributed by atoms with Crippen molar-refractivity contribution < 1.29 is 19.8 Å². The minimum atomic E-state index is -1.09. The highest BCUT2D eigenvalue weighted by Gasteiger charge is 2.61. The molecule has 22 heavy (non-hydrogen) atoms. The molecule has 2 fully saturated rings. The predicted octanol–water partition coefficient (Wildman–Crippen LogP) is -0.639. The number of tetrazole rings is 1. The molecule has 0 bridgehead atoms. The summed E-state index contributed by atoms with van der Waals surface area (Å²) in [7, 11) is 0. The number of fused-ring (bicyclic) bond motifs is 1. The average Bonchev–Trinajstić information content (AvgIpc) is 3.12. The number of amides is 1. The van der Waals surface area contributed by atoms with Gasteiger partial charge in [0.05, 0.1) is 23.9 Å². The SMILES string of the molecule is CC[C@H](CC1(C(=O)O)CN2C(=O)[C@H](CO)[C@H]2S1)n1cnnn1. The summed E-state index contributed by atoms with van der Waals surface area (Å²) in [5.41, 5.74) is 0. The van der Waals surface area contributed by atoms with E-state index in [1.54, 1.807) is 9.58 Å². The molecule has 1 amide bonds. The van der Waals surface area contributed by atoms with Crippen LogP contribution in [-0.2, 0) is 9.59 Å². The number of aliphatic hydroxyl groups is 1. The van der Waals surface area contributed by atoms with Gasteiger partial charge in [0.2, 0.25) is 5.91 Å². The Balaban J connectivity index is 1.82. The van der Waals surface area contributed by atoms with Gasteiger partial charge in [0.15, 0.2) is 0 Å². The molecule has 0 aliphatic carbocycles. The molecule has 4 atom stereocenters. The van der Waals surface area contributed by atoms with E-state index in [2.05, 4.69) is 15.5 Å². The number of rotatable bonds is 6. The summed E-state index contributed by atoms with van der Waals surface area (Å²) >= 11 is 1.26. The van der Waals surface area contributed by atoms with Gasteiger partial charge in [-0.25, -0.2) is 4.68 Å². The first kappa shape index (κ1) is 15.2. The zero-order chi connectivity index (χ0) is 15.9. The second kappa shape index (κ2) is 5.51. The minimum absolute atomic E-state index is 0.153. The van der Waals surface area contributed by atoms with E-state index in [-0.39, 0.29) is 30.5 Å². The molecule has 0 saturated carbocycles. The van der Waals surface area contributed by atoms with Gasteiger partial charge < -0.3 is 15.1 Å². The van der Waals surface area contributed by atoms with E-state index in [1.165, 1.54) is 18.1 Å². The zero-order valence-corrected chi connectivity index (χ0v) is 12.8. The van der Waals surface area contributed by atoms with Gasteiger partial charge in [-0.3, -0.25) is 9.59 Å². The zero-order valence-electron chi connectivity index (χ0n) is 12.0. The normalized spacial score (nSPS) is 31.7. The Morgan fingerprint density at radius 3 is 2.95 bits per heavy atom. The Morgan fingerprint density at radius 1 is 1.64 bits per heavy atom. The lowest BCUT2D eigenvalue weighted by Crippen LogP contribution is -2.58. The largest absolute Gasteiger partial charge is 0.480 e. The van der Waals surface area contributed by atoms with Crippen molar-refractivity contribution >= 4 is 23.6 Å². The van der Waals surface area contributed by atoms with Gasteiger partial charge in [-0.15, -0.1) is 16.9 Å². The topological polar surface area (TPSA) is 121 Å².